The highest BCUT2D eigenvalue weighted by Gasteiger charge is 2.33. The third-order valence-corrected chi connectivity index (χ3v) is 3.97. The molecule has 0 aliphatic heterocycles. The number of hydrogen-bond donors (Lipinski definition) is 4. The minimum absolute atomic E-state index is 0.164. The van der Waals surface area contributed by atoms with Crippen LogP contribution < -0.4 is 16.0 Å². The number of hydrogen-bond acceptors (Lipinski definition) is 3. The van der Waals surface area contributed by atoms with Crippen molar-refractivity contribution in [2.45, 2.75) is 19.3 Å². The molecule has 4 N–H and O–H groups in total. The lowest BCUT2D eigenvalue weighted by atomic mass is 10.0. The summed E-state index contributed by atoms with van der Waals surface area (Å²) in [7, 11) is 0. The Morgan fingerprint density at radius 3 is 2.21 bits per heavy atom. The highest BCUT2D eigenvalue weighted by Crippen LogP contribution is 2.32. The van der Waals surface area contributed by atoms with Gasteiger partial charge in [-0.25, -0.2) is 4.79 Å². The maximum atomic E-state index is 12.2. The van der Waals surface area contributed by atoms with E-state index in [1.54, 1.807) is 30.3 Å². The van der Waals surface area contributed by atoms with Crippen molar-refractivity contribution in [2.24, 2.45) is 11.8 Å². The van der Waals surface area contributed by atoms with Gasteiger partial charge in [-0.1, -0.05) is 6.08 Å². The van der Waals surface area contributed by atoms with Gasteiger partial charge < -0.3 is 21.1 Å². The molecule has 7 nitrogen and oxygen atoms in total. The van der Waals surface area contributed by atoms with Crippen LogP contribution in [0.25, 0.3) is 0 Å². The van der Waals surface area contributed by atoms with Gasteiger partial charge in [-0.15, -0.1) is 6.58 Å². The van der Waals surface area contributed by atoms with Crippen molar-refractivity contribution in [3.05, 3.63) is 36.9 Å². The van der Waals surface area contributed by atoms with E-state index >= 15 is 0 Å². The van der Waals surface area contributed by atoms with E-state index in [4.69, 9.17) is 5.11 Å². The Morgan fingerprint density at radius 1 is 1.08 bits per heavy atom. The predicted molar refractivity (Wildman–Crippen MR) is 90.8 cm³/mol. The summed E-state index contributed by atoms with van der Waals surface area (Å²) in [5.74, 6) is -1.70. The van der Waals surface area contributed by atoms with Gasteiger partial charge in [0.05, 0.1) is 5.92 Å². The number of carboxylic acid groups (broad SMARTS) is 1. The molecular formula is C17H21N3O4. The van der Waals surface area contributed by atoms with Crippen molar-refractivity contribution in [1.82, 2.24) is 5.32 Å². The zero-order valence-corrected chi connectivity index (χ0v) is 13.2. The van der Waals surface area contributed by atoms with Crippen LogP contribution in [0.5, 0.6) is 0 Å². The van der Waals surface area contributed by atoms with Crippen molar-refractivity contribution in [3.8, 4) is 0 Å². The van der Waals surface area contributed by atoms with Crippen LogP contribution in [0.15, 0.2) is 36.9 Å². The highest BCUT2D eigenvalue weighted by atomic mass is 16.4. The van der Waals surface area contributed by atoms with E-state index in [1.165, 1.54) is 0 Å². The van der Waals surface area contributed by atoms with Crippen LogP contribution in [0, 0.1) is 11.8 Å². The summed E-state index contributed by atoms with van der Waals surface area (Å²) in [4.78, 5) is 34.6. The molecular weight excluding hydrogens is 310 g/mol. The molecule has 0 spiro atoms. The molecule has 3 amide bonds. The van der Waals surface area contributed by atoms with Crippen molar-refractivity contribution < 1.29 is 19.5 Å². The average Bonchev–Trinajstić information content (AvgIpc) is 3.05. The summed E-state index contributed by atoms with van der Waals surface area (Å²) in [6.45, 7) is 3.88. The summed E-state index contributed by atoms with van der Waals surface area (Å²) < 4.78 is 0. The van der Waals surface area contributed by atoms with E-state index in [-0.39, 0.29) is 17.9 Å². The first-order valence-electron chi connectivity index (χ1n) is 7.79. The first-order chi connectivity index (χ1) is 11.5. The zero-order chi connectivity index (χ0) is 17.5. The molecule has 1 aliphatic carbocycles. The quantitative estimate of drug-likeness (QED) is 0.600. The largest absolute Gasteiger partial charge is 0.481 e. The third kappa shape index (κ3) is 4.84. The summed E-state index contributed by atoms with van der Waals surface area (Å²) >= 11 is 0. The van der Waals surface area contributed by atoms with Crippen LogP contribution in [-0.2, 0) is 9.59 Å². The molecule has 0 unspecified atom stereocenters. The van der Waals surface area contributed by atoms with Gasteiger partial charge in [0.2, 0.25) is 5.91 Å². The van der Waals surface area contributed by atoms with E-state index in [1.807, 2.05) is 0 Å². The first-order valence-corrected chi connectivity index (χ1v) is 7.79. The van der Waals surface area contributed by atoms with Crippen molar-refractivity contribution in [2.75, 3.05) is 17.2 Å². The van der Waals surface area contributed by atoms with Gasteiger partial charge >= 0.3 is 12.0 Å². The van der Waals surface area contributed by atoms with E-state index in [0.29, 0.717) is 37.2 Å². The molecule has 0 aromatic heterocycles. The molecule has 1 aliphatic rings. The second-order valence-corrected chi connectivity index (χ2v) is 5.74. The molecule has 0 saturated heterocycles. The summed E-state index contributed by atoms with van der Waals surface area (Å²) in [6, 6.07) is 6.39. The monoisotopic (exact) mass is 331 g/mol. The summed E-state index contributed by atoms with van der Waals surface area (Å²) in [5.41, 5.74) is 1.21. The fourth-order valence-corrected chi connectivity index (χ4v) is 2.67. The number of nitrogens with one attached hydrogen (secondary N) is 3. The number of carboxylic acids is 1. The molecule has 2 rings (SSSR count). The van der Waals surface area contributed by atoms with Gasteiger partial charge in [0.25, 0.3) is 0 Å². The molecule has 1 fully saturated rings. The topological polar surface area (TPSA) is 108 Å². The third-order valence-electron chi connectivity index (χ3n) is 3.97. The minimum Gasteiger partial charge on any atom is -0.481 e. The normalized spacial score (nSPS) is 19.3. The molecule has 1 aromatic carbocycles. The Hall–Kier alpha value is -2.83. The lowest BCUT2D eigenvalue weighted by Gasteiger charge is -2.12. The second-order valence-electron chi connectivity index (χ2n) is 5.74. The number of amides is 3. The Balaban J connectivity index is 1.85. The van der Waals surface area contributed by atoms with Crippen LogP contribution in [0.4, 0.5) is 16.2 Å². The molecule has 24 heavy (non-hydrogen) atoms. The number of benzene rings is 1. The standard InChI is InChI=1S/C17H21N3O4/c1-2-9-18-17(24)20-14-7-5-13(6-8-14)19-15(21)11-3-4-12(10-11)16(22)23/h2,5-8,11-12H,1,3-4,9-10H2,(H,19,21)(H,22,23)(H2,18,20,24)/t11-,12+/m0/s1. The number of rotatable bonds is 6. The van der Waals surface area contributed by atoms with Crippen LogP contribution in [0.1, 0.15) is 19.3 Å². The summed E-state index contributed by atoms with van der Waals surface area (Å²) in [5, 5.41) is 17.0. The first kappa shape index (κ1) is 17.5. The average molecular weight is 331 g/mol. The van der Waals surface area contributed by atoms with Gasteiger partial charge in [-0.3, -0.25) is 9.59 Å². The smallest absolute Gasteiger partial charge is 0.319 e. The number of carbonyl (C=O) groups excluding carboxylic acids is 2. The number of urea groups is 1. The van der Waals surface area contributed by atoms with E-state index in [9.17, 15) is 14.4 Å². The number of carbonyl (C=O) groups is 3. The van der Waals surface area contributed by atoms with Crippen molar-refractivity contribution in [1.29, 1.82) is 0 Å². The molecule has 7 heteroatoms. The molecule has 1 saturated carbocycles. The molecule has 0 bridgehead atoms. The summed E-state index contributed by atoms with van der Waals surface area (Å²) in [6.07, 6.45) is 3.09. The lowest BCUT2D eigenvalue weighted by molar-refractivity contribution is -0.141. The van der Waals surface area contributed by atoms with Crippen LogP contribution in [0.2, 0.25) is 0 Å². The molecule has 2 atom stereocenters. The highest BCUT2D eigenvalue weighted by molar-refractivity contribution is 5.94. The van der Waals surface area contributed by atoms with Gasteiger partial charge in [0.1, 0.15) is 0 Å². The van der Waals surface area contributed by atoms with Gasteiger partial charge in [-0.05, 0) is 43.5 Å². The fraction of sp³-hybridized carbons (Fsp3) is 0.353. The molecule has 1 aromatic rings. The zero-order valence-electron chi connectivity index (χ0n) is 13.2. The van der Waals surface area contributed by atoms with Crippen LogP contribution in [-0.4, -0.2) is 29.6 Å². The van der Waals surface area contributed by atoms with Gasteiger partial charge in [-0.2, -0.15) is 0 Å². The Morgan fingerprint density at radius 2 is 1.67 bits per heavy atom. The number of aliphatic carboxylic acids is 1. The molecule has 0 radical (unpaired) electrons. The Kier molecular flexibility index (Phi) is 5.95. The fourth-order valence-electron chi connectivity index (χ4n) is 2.67. The maximum Gasteiger partial charge on any atom is 0.319 e. The molecule has 128 valence electrons. The number of anilines is 2. The van der Waals surface area contributed by atoms with E-state index in [2.05, 4.69) is 22.5 Å². The molecule has 0 heterocycles. The van der Waals surface area contributed by atoms with E-state index in [0.717, 1.165) is 0 Å². The minimum atomic E-state index is -0.838. The second kappa shape index (κ2) is 8.14. The lowest BCUT2D eigenvalue weighted by Crippen LogP contribution is -2.28. The van der Waals surface area contributed by atoms with Crippen LogP contribution in [0.3, 0.4) is 0 Å². The van der Waals surface area contributed by atoms with E-state index < -0.39 is 11.9 Å². The maximum absolute atomic E-state index is 12.2. The van der Waals surface area contributed by atoms with Gasteiger partial charge in [0, 0.05) is 23.8 Å². The van der Waals surface area contributed by atoms with Crippen molar-refractivity contribution >= 4 is 29.3 Å². The van der Waals surface area contributed by atoms with Crippen molar-refractivity contribution in [3.63, 3.8) is 0 Å². The Bertz CT molecular complexity index is 627. The Labute approximate surface area is 140 Å². The van der Waals surface area contributed by atoms with Gasteiger partial charge in [0.15, 0.2) is 0 Å². The van der Waals surface area contributed by atoms with Crippen LogP contribution >= 0.6 is 0 Å². The SMILES string of the molecule is C=CCNC(=O)Nc1ccc(NC(=O)[C@H]2CC[C@@H](C(=O)O)C2)cc1. The predicted octanol–water partition coefficient (Wildman–Crippen LogP) is 2.43.